The van der Waals surface area contributed by atoms with Crippen molar-refractivity contribution in [3.63, 3.8) is 0 Å². The lowest BCUT2D eigenvalue weighted by Gasteiger charge is -2.32. The van der Waals surface area contributed by atoms with Gasteiger partial charge in [0.1, 0.15) is 5.82 Å². The molecule has 0 aliphatic carbocycles. The van der Waals surface area contributed by atoms with E-state index in [0.717, 1.165) is 36.0 Å². The summed E-state index contributed by atoms with van der Waals surface area (Å²) in [6, 6.07) is 14.0. The van der Waals surface area contributed by atoms with Gasteiger partial charge in [0.05, 0.1) is 0 Å². The maximum Gasteiger partial charge on any atom is 0.345 e. The molecule has 146 valence electrons. The fourth-order valence-electron chi connectivity index (χ4n) is 4.14. The Kier molecular flexibility index (Phi) is 4.79. The molecule has 1 aromatic heterocycles. The highest BCUT2D eigenvalue weighted by atomic mass is 16.2. The number of amides is 1. The SMILES string of the molecule is CC(C)n1c(C2CCCN(C(=O)c3ccc4ccccc4c3)C2)nn(C)c1=O. The summed E-state index contributed by atoms with van der Waals surface area (Å²) < 4.78 is 3.16. The normalized spacial score (nSPS) is 17.4. The highest BCUT2D eigenvalue weighted by Crippen LogP contribution is 2.28. The van der Waals surface area contributed by atoms with Crippen LogP contribution in [0.5, 0.6) is 0 Å². The van der Waals surface area contributed by atoms with Crippen LogP contribution < -0.4 is 5.69 Å². The molecule has 0 N–H and O–H groups in total. The Morgan fingerprint density at radius 2 is 1.89 bits per heavy atom. The van der Waals surface area contributed by atoms with Crippen molar-refractivity contribution in [1.29, 1.82) is 0 Å². The van der Waals surface area contributed by atoms with E-state index in [1.165, 1.54) is 4.68 Å². The van der Waals surface area contributed by atoms with Gasteiger partial charge < -0.3 is 4.90 Å². The number of fused-ring (bicyclic) bond motifs is 1. The fourth-order valence-corrected chi connectivity index (χ4v) is 4.14. The highest BCUT2D eigenvalue weighted by Gasteiger charge is 2.30. The average molecular weight is 378 g/mol. The van der Waals surface area contributed by atoms with Gasteiger partial charge in [-0.3, -0.25) is 9.36 Å². The quantitative estimate of drug-likeness (QED) is 0.702. The molecule has 0 spiro atoms. The monoisotopic (exact) mass is 378 g/mol. The van der Waals surface area contributed by atoms with Crippen molar-refractivity contribution < 1.29 is 4.79 Å². The number of nitrogens with zero attached hydrogens (tertiary/aromatic N) is 4. The third-order valence-electron chi connectivity index (χ3n) is 5.57. The van der Waals surface area contributed by atoms with Gasteiger partial charge in [-0.1, -0.05) is 30.3 Å². The molecule has 0 saturated carbocycles. The molecule has 4 rings (SSSR count). The van der Waals surface area contributed by atoms with Gasteiger partial charge in [0.15, 0.2) is 0 Å². The fraction of sp³-hybridized carbons (Fsp3) is 0.409. The first-order valence-corrected chi connectivity index (χ1v) is 9.89. The zero-order chi connectivity index (χ0) is 19.8. The molecule has 1 fully saturated rings. The molecule has 0 radical (unpaired) electrons. The summed E-state index contributed by atoms with van der Waals surface area (Å²) in [7, 11) is 1.69. The maximum atomic E-state index is 13.1. The van der Waals surface area contributed by atoms with E-state index in [4.69, 9.17) is 0 Å². The van der Waals surface area contributed by atoms with E-state index in [9.17, 15) is 9.59 Å². The van der Waals surface area contributed by atoms with Crippen LogP contribution in [0.1, 0.15) is 54.8 Å². The molecule has 1 amide bonds. The summed E-state index contributed by atoms with van der Waals surface area (Å²) in [5.74, 6) is 0.915. The molecule has 6 heteroatoms. The standard InChI is InChI=1S/C22H26N4O2/c1-15(2)26-20(23-24(3)22(26)28)19-9-6-12-25(14-19)21(27)18-11-10-16-7-4-5-8-17(16)13-18/h4-5,7-8,10-11,13,15,19H,6,9,12,14H2,1-3H3. The van der Waals surface area contributed by atoms with Crippen molar-refractivity contribution in [2.24, 2.45) is 7.05 Å². The Morgan fingerprint density at radius 3 is 2.64 bits per heavy atom. The molecule has 0 bridgehead atoms. The Morgan fingerprint density at radius 1 is 1.14 bits per heavy atom. The van der Waals surface area contributed by atoms with Crippen molar-refractivity contribution in [3.8, 4) is 0 Å². The van der Waals surface area contributed by atoms with E-state index in [1.807, 2.05) is 61.2 Å². The highest BCUT2D eigenvalue weighted by molar-refractivity contribution is 5.98. The minimum Gasteiger partial charge on any atom is -0.338 e. The third-order valence-corrected chi connectivity index (χ3v) is 5.57. The molecule has 3 aromatic rings. The average Bonchev–Trinajstić information content (AvgIpc) is 3.02. The van der Waals surface area contributed by atoms with Crippen LogP contribution in [0.3, 0.4) is 0 Å². The molecule has 1 unspecified atom stereocenters. The zero-order valence-electron chi connectivity index (χ0n) is 16.6. The number of benzene rings is 2. The van der Waals surface area contributed by atoms with Crippen molar-refractivity contribution in [3.05, 3.63) is 64.3 Å². The van der Waals surface area contributed by atoms with E-state index in [0.29, 0.717) is 12.1 Å². The smallest absolute Gasteiger partial charge is 0.338 e. The molecule has 6 nitrogen and oxygen atoms in total. The topological polar surface area (TPSA) is 60.1 Å². The van der Waals surface area contributed by atoms with E-state index in [2.05, 4.69) is 5.10 Å². The Labute approximate surface area is 164 Å². The van der Waals surface area contributed by atoms with E-state index in [1.54, 1.807) is 11.6 Å². The molecule has 1 atom stereocenters. The second-order valence-corrected chi connectivity index (χ2v) is 7.88. The number of carbonyl (C=O) groups excluding carboxylic acids is 1. The molecule has 28 heavy (non-hydrogen) atoms. The van der Waals surface area contributed by atoms with Crippen molar-refractivity contribution in [2.75, 3.05) is 13.1 Å². The van der Waals surface area contributed by atoms with Gasteiger partial charge in [0.2, 0.25) is 0 Å². The van der Waals surface area contributed by atoms with Gasteiger partial charge in [-0.15, -0.1) is 0 Å². The Hall–Kier alpha value is -2.89. The number of hydrogen-bond donors (Lipinski definition) is 0. The maximum absolute atomic E-state index is 13.1. The van der Waals surface area contributed by atoms with Crippen LogP contribution in [-0.2, 0) is 7.05 Å². The summed E-state index contributed by atoms with van der Waals surface area (Å²) in [4.78, 5) is 27.5. The summed E-state index contributed by atoms with van der Waals surface area (Å²) in [5, 5.41) is 6.69. The first-order chi connectivity index (χ1) is 13.5. The minimum atomic E-state index is -0.0945. The number of piperidine rings is 1. The molecule has 2 heterocycles. The Bertz CT molecular complexity index is 1080. The van der Waals surface area contributed by atoms with Crippen molar-refractivity contribution in [1.82, 2.24) is 19.2 Å². The lowest BCUT2D eigenvalue weighted by Crippen LogP contribution is -2.40. The van der Waals surface area contributed by atoms with Gasteiger partial charge in [-0.25, -0.2) is 9.48 Å². The molecule has 1 saturated heterocycles. The zero-order valence-corrected chi connectivity index (χ0v) is 16.6. The number of hydrogen-bond acceptors (Lipinski definition) is 3. The molecular weight excluding hydrogens is 352 g/mol. The van der Waals surface area contributed by atoms with Gasteiger partial charge in [0, 0.05) is 37.7 Å². The largest absolute Gasteiger partial charge is 0.345 e. The summed E-state index contributed by atoms with van der Waals surface area (Å²) in [6.45, 7) is 5.32. The van der Waals surface area contributed by atoms with Crippen molar-refractivity contribution in [2.45, 2.75) is 38.6 Å². The number of rotatable bonds is 3. The number of aromatic nitrogens is 3. The van der Waals surface area contributed by atoms with Crippen LogP contribution in [0, 0.1) is 0 Å². The number of aryl methyl sites for hydroxylation is 1. The van der Waals surface area contributed by atoms with E-state index >= 15 is 0 Å². The molecular formula is C22H26N4O2. The first kappa shape index (κ1) is 18.5. The van der Waals surface area contributed by atoms with Gasteiger partial charge in [0.25, 0.3) is 5.91 Å². The predicted molar refractivity (Wildman–Crippen MR) is 110 cm³/mol. The molecule has 2 aromatic carbocycles. The third kappa shape index (κ3) is 3.23. The first-order valence-electron chi connectivity index (χ1n) is 9.89. The Balaban J connectivity index is 1.61. The van der Waals surface area contributed by atoms with Crippen LogP contribution in [0.25, 0.3) is 10.8 Å². The second kappa shape index (κ2) is 7.26. The second-order valence-electron chi connectivity index (χ2n) is 7.88. The number of carbonyl (C=O) groups is 1. The summed E-state index contributed by atoms with van der Waals surface area (Å²) in [5.41, 5.74) is 0.615. The van der Waals surface area contributed by atoms with Crippen LogP contribution in [0.2, 0.25) is 0 Å². The van der Waals surface area contributed by atoms with Crippen LogP contribution in [0.15, 0.2) is 47.3 Å². The molecule has 1 aliphatic rings. The van der Waals surface area contributed by atoms with Crippen LogP contribution >= 0.6 is 0 Å². The lowest BCUT2D eigenvalue weighted by molar-refractivity contribution is 0.0703. The van der Waals surface area contributed by atoms with Crippen LogP contribution in [0.4, 0.5) is 0 Å². The predicted octanol–water partition coefficient (Wildman–Crippen LogP) is 3.34. The van der Waals surface area contributed by atoms with Crippen LogP contribution in [-0.4, -0.2) is 38.2 Å². The summed E-state index contributed by atoms with van der Waals surface area (Å²) >= 11 is 0. The summed E-state index contributed by atoms with van der Waals surface area (Å²) in [6.07, 6.45) is 1.84. The lowest BCUT2D eigenvalue weighted by atomic mass is 9.96. The molecule has 1 aliphatic heterocycles. The van der Waals surface area contributed by atoms with E-state index in [-0.39, 0.29) is 23.6 Å². The van der Waals surface area contributed by atoms with Gasteiger partial charge >= 0.3 is 5.69 Å². The van der Waals surface area contributed by atoms with Gasteiger partial charge in [-0.2, -0.15) is 5.10 Å². The van der Waals surface area contributed by atoms with Gasteiger partial charge in [-0.05, 0) is 49.6 Å². The number of likely N-dealkylation sites (tertiary alicyclic amines) is 1. The van der Waals surface area contributed by atoms with Crippen molar-refractivity contribution >= 4 is 16.7 Å². The minimum absolute atomic E-state index is 0.0442. The van der Waals surface area contributed by atoms with E-state index < -0.39 is 0 Å².